The number of phosphoric acid groups is 1. The first-order valence-electron chi connectivity index (χ1n) is 14.7. The van der Waals surface area contributed by atoms with Gasteiger partial charge in [0.15, 0.2) is 23.0 Å². The summed E-state index contributed by atoms with van der Waals surface area (Å²) in [4.78, 5) is 12.9. The molecule has 1 saturated heterocycles. The molecular weight excluding hydrogens is 577 g/mol. The molecule has 0 radical (unpaired) electrons. The number of quaternary nitrogens is 1. The zero-order valence-corrected chi connectivity index (χ0v) is 27.7. The average Bonchev–Trinajstić information content (AvgIpc) is 3.45. The standard InChI is InChI=1S/C31H48NO10P/c1-9-10-11-12-16-39-28-20-23(21-29(31(28)38-8)42-43(33,34)40-17-15-32(2,3)4)25-14-13-24(41-25)22-18-26(35-5)30(37-7)27(19-22)36-6/h18-21,24-25H,9-17H2,1-8H3/t24-,25-/m0/s1. The van der Waals surface area contributed by atoms with E-state index in [0.717, 1.165) is 31.2 Å². The molecule has 11 nitrogen and oxygen atoms in total. The Morgan fingerprint density at radius 1 is 0.791 bits per heavy atom. The molecule has 0 aliphatic carbocycles. The third kappa shape index (κ3) is 9.91. The van der Waals surface area contributed by atoms with Gasteiger partial charge in [0.25, 0.3) is 0 Å². The Kier molecular flexibility index (Phi) is 12.8. The highest BCUT2D eigenvalue weighted by molar-refractivity contribution is 7.46. The summed E-state index contributed by atoms with van der Waals surface area (Å²) in [6.45, 7) is 3.06. The van der Waals surface area contributed by atoms with E-state index in [0.29, 0.717) is 59.0 Å². The molecule has 1 aliphatic heterocycles. The van der Waals surface area contributed by atoms with E-state index < -0.39 is 7.82 Å². The molecule has 3 rings (SSSR count). The molecule has 0 bridgehead atoms. The molecule has 43 heavy (non-hydrogen) atoms. The fourth-order valence-electron chi connectivity index (χ4n) is 4.86. The summed E-state index contributed by atoms with van der Waals surface area (Å²) in [7, 11) is 7.28. The van der Waals surface area contributed by atoms with Crippen LogP contribution in [-0.4, -0.2) is 73.8 Å². The Balaban J connectivity index is 1.90. The topological polar surface area (TPSA) is 114 Å². The summed E-state index contributed by atoms with van der Waals surface area (Å²) in [5.41, 5.74) is 1.59. The van der Waals surface area contributed by atoms with Crippen molar-refractivity contribution in [1.82, 2.24) is 0 Å². The minimum Gasteiger partial charge on any atom is -0.746 e. The predicted molar refractivity (Wildman–Crippen MR) is 162 cm³/mol. The first-order valence-corrected chi connectivity index (χ1v) is 16.2. The largest absolute Gasteiger partial charge is 0.746 e. The number of nitrogens with zero attached hydrogens (tertiary/aromatic N) is 1. The number of unbranched alkanes of at least 4 members (excludes halogenated alkanes) is 3. The second-order valence-electron chi connectivity index (χ2n) is 11.5. The molecule has 242 valence electrons. The maximum atomic E-state index is 12.9. The lowest BCUT2D eigenvalue weighted by molar-refractivity contribution is -0.870. The summed E-state index contributed by atoms with van der Waals surface area (Å²) in [5, 5.41) is 0. The van der Waals surface area contributed by atoms with Gasteiger partial charge in [-0.2, -0.15) is 0 Å². The maximum Gasteiger partial charge on any atom is 0.320 e. The highest BCUT2D eigenvalue weighted by atomic mass is 31.2. The molecule has 2 aromatic carbocycles. The summed E-state index contributed by atoms with van der Waals surface area (Å²) >= 11 is 0. The molecule has 0 aromatic heterocycles. The van der Waals surface area contributed by atoms with Crippen molar-refractivity contribution in [2.45, 2.75) is 57.7 Å². The minimum absolute atomic E-state index is 0.00743. The second kappa shape index (κ2) is 15.9. The van der Waals surface area contributed by atoms with Crippen LogP contribution in [0.5, 0.6) is 34.5 Å². The van der Waals surface area contributed by atoms with Crippen LogP contribution in [0.4, 0.5) is 0 Å². The van der Waals surface area contributed by atoms with Gasteiger partial charge in [-0.25, -0.2) is 0 Å². The van der Waals surface area contributed by atoms with Gasteiger partial charge >= 0.3 is 7.82 Å². The van der Waals surface area contributed by atoms with Crippen molar-refractivity contribution in [2.75, 3.05) is 69.3 Å². The first-order chi connectivity index (χ1) is 20.4. The second-order valence-corrected chi connectivity index (χ2v) is 12.8. The van der Waals surface area contributed by atoms with Crippen molar-refractivity contribution in [3.63, 3.8) is 0 Å². The summed E-state index contributed by atoms with van der Waals surface area (Å²) in [6.07, 6.45) is 4.88. The van der Waals surface area contributed by atoms with E-state index in [-0.39, 0.29) is 30.3 Å². The smallest absolute Gasteiger partial charge is 0.320 e. The van der Waals surface area contributed by atoms with E-state index in [1.807, 2.05) is 39.3 Å². The molecule has 2 aromatic rings. The van der Waals surface area contributed by atoms with E-state index in [9.17, 15) is 9.46 Å². The number of hydrogen-bond donors (Lipinski definition) is 0. The highest BCUT2D eigenvalue weighted by Crippen LogP contribution is 2.51. The predicted octanol–water partition coefficient (Wildman–Crippen LogP) is 5.84. The van der Waals surface area contributed by atoms with Crippen LogP contribution in [0, 0.1) is 0 Å². The van der Waals surface area contributed by atoms with E-state index in [1.165, 1.54) is 7.11 Å². The molecule has 0 spiro atoms. The number of benzene rings is 2. The van der Waals surface area contributed by atoms with Gasteiger partial charge in [-0.3, -0.25) is 4.57 Å². The van der Waals surface area contributed by atoms with Crippen molar-refractivity contribution in [3.8, 4) is 34.5 Å². The van der Waals surface area contributed by atoms with Gasteiger partial charge in [0.2, 0.25) is 11.5 Å². The Labute approximate surface area is 256 Å². The number of rotatable bonds is 18. The normalized spacial score (nSPS) is 18.2. The summed E-state index contributed by atoms with van der Waals surface area (Å²) in [5.74, 6) is 2.15. The molecule has 1 heterocycles. The molecule has 3 atom stereocenters. The number of hydrogen-bond acceptors (Lipinski definition) is 10. The first kappa shape index (κ1) is 34.8. The van der Waals surface area contributed by atoms with Gasteiger partial charge in [0.1, 0.15) is 13.2 Å². The lowest BCUT2D eigenvalue weighted by Gasteiger charge is -2.28. The van der Waals surface area contributed by atoms with Crippen molar-refractivity contribution in [2.24, 2.45) is 0 Å². The van der Waals surface area contributed by atoms with Crippen LogP contribution in [0.3, 0.4) is 0 Å². The van der Waals surface area contributed by atoms with Crippen LogP contribution in [0.15, 0.2) is 24.3 Å². The van der Waals surface area contributed by atoms with Crippen LogP contribution in [-0.2, 0) is 13.8 Å². The van der Waals surface area contributed by atoms with Crippen LogP contribution in [0.2, 0.25) is 0 Å². The van der Waals surface area contributed by atoms with Crippen LogP contribution < -0.4 is 33.1 Å². The maximum absolute atomic E-state index is 12.9. The van der Waals surface area contributed by atoms with Gasteiger partial charge in [0, 0.05) is 0 Å². The highest BCUT2D eigenvalue weighted by Gasteiger charge is 2.32. The monoisotopic (exact) mass is 625 g/mol. The molecule has 12 heteroatoms. The Bertz CT molecular complexity index is 1210. The third-order valence-corrected chi connectivity index (χ3v) is 8.09. The quantitative estimate of drug-likeness (QED) is 0.114. The van der Waals surface area contributed by atoms with E-state index in [1.54, 1.807) is 27.4 Å². The van der Waals surface area contributed by atoms with Crippen molar-refractivity contribution >= 4 is 7.82 Å². The molecule has 0 amide bonds. The fraction of sp³-hybridized carbons (Fsp3) is 0.613. The summed E-state index contributed by atoms with van der Waals surface area (Å²) < 4.78 is 58.8. The Morgan fingerprint density at radius 3 is 1.84 bits per heavy atom. The fourth-order valence-corrected chi connectivity index (χ4v) is 5.59. The van der Waals surface area contributed by atoms with E-state index >= 15 is 0 Å². The third-order valence-electron chi connectivity index (χ3n) is 7.17. The van der Waals surface area contributed by atoms with Crippen molar-refractivity contribution in [1.29, 1.82) is 0 Å². The lowest BCUT2D eigenvalue weighted by atomic mass is 10.0. The molecule has 0 saturated carbocycles. The minimum atomic E-state index is -4.71. The molecule has 1 aliphatic rings. The van der Waals surface area contributed by atoms with Crippen molar-refractivity contribution in [3.05, 3.63) is 35.4 Å². The zero-order valence-electron chi connectivity index (χ0n) is 26.8. The SMILES string of the molecule is CCCCCCOc1cc([C@@H]2CC[C@@H](c3cc(OC)c(OC)c(OC)c3)O2)cc(OP(=O)([O-])OCC[N+](C)(C)C)c1OC. The van der Waals surface area contributed by atoms with Gasteiger partial charge in [-0.15, -0.1) is 0 Å². The lowest BCUT2D eigenvalue weighted by Crippen LogP contribution is -2.37. The molecule has 1 fully saturated rings. The van der Waals surface area contributed by atoms with Gasteiger partial charge in [-0.05, 0) is 54.7 Å². The van der Waals surface area contributed by atoms with Gasteiger partial charge < -0.3 is 46.8 Å². The van der Waals surface area contributed by atoms with Crippen LogP contribution in [0.1, 0.15) is 68.8 Å². The van der Waals surface area contributed by atoms with E-state index in [2.05, 4.69) is 6.92 Å². The van der Waals surface area contributed by atoms with Gasteiger partial charge in [0.05, 0.1) is 68.4 Å². The Morgan fingerprint density at radius 2 is 1.33 bits per heavy atom. The van der Waals surface area contributed by atoms with E-state index in [4.69, 9.17) is 37.5 Å². The van der Waals surface area contributed by atoms with Crippen LogP contribution >= 0.6 is 7.82 Å². The molecular formula is C31H48NO10P. The van der Waals surface area contributed by atoms with Gasteiger partial charge in [-0.1, -0.05) is 26.2 Å². The molecule has 0 N–H and O–H groups in total. The number of methoxy groups -OCH3 is 4. The Hall–Kier alpha value is -2.69. The number of ether oxygens (including phenoxy) is 6. The van der Waals surface area contributed by atoms with Crippen molar-refractivity contribution < 1.29 is 51.4 Å². The van der Waals surface area contributed by atoms with Crippen LogP contribution in [0.25, 0.3) is 0 Å². The number of phosphoric ester groups is 1. The average molecular weight is 626 g/mol. The zero-order chi connectivity index (χ0) is 31.6. The number of likely N-dealkylation sites (N-methyl/N-ethyl adjacent to an activating group) is 1. The molecule has 1 unspecified atom stereocenters. The summed E-state index contributed by atoms with van der Waals surface area (Å²) in [6, 6.07) is 7.21.